The molecule has 1 N–H and O–H groups in total. The largest absolute Gasteiger partial charge is 0.435 e. The van der Waals surface area contributed by atoms with E-state index in [9.17, 15) is 18.0 Å². The van der Waals surface area contributed by atoms with Gasteiger partial charge in [0, 0.05) is 41.4 Å². The smallest absolute Gasteiger partial charge is 0.372 e. The molecule has 182 valence electrons. The molecule has 2 aliphatic rings. The van der Waals surface area contributed by atoms with Crippen LogP contribution < -0.4 is 5.32 Å². The number of amidine groups is 1. The third-order valence-electron chi connectivity index (χ3n) is 5.68. The Balaban J connectivity index is 1.52. The van der Waals surface area contributed by atoms with Gasteiger partial charge in [-0.1, -0.05) is 49.1 Å². The number of nitrogens with one attached hydrogen (secondary N) is 1. The number of oxime groups is 1. The summed E-state index contributed by atoms with van der Waals surface area (Å²) in [4.78, 5) is 23.4. The van der Waals surface area contributed by atoms with Crippen LogP contribution in [0.3, 0.4) is 0 Å². The first-order valence-electron chi connectivity index (χ1n) is 10.6. The van der Waals surface area contributed by atoms with E-state index in [4.69, 9.17) is 28.0 Å². The number of carbonyl (C=O) groups is 1. The molecule has 0 spiro atoms. The maximum Gasteiger partial charge on any atom is 0.435 e. The van der Waals surface area contributed by atoms with E-state index in [2.05, 4.69) is 15.5 Å². The fourth-order valence-electron chi connectivity index (χ4n) is 3.87. The molecule has 1 unspecified atom stereocenters. The summed E-state index contributed by atoms with van der Waals surface area (Å²) in [5.41, 5.74) is -1.12. The zero-order valence-electron chi connectivity index (χ0n) is 18.8. The molecule has 0 saturated heterocycles. The molecule has 34 heavy (non-hydrogen) atoms. The number of alkyl halides is 3. The zero-order chi connectivity index (χ0) is 24.9. The first kappa shape index (κ1) is 24.6. The van der Waals surface area contributed by atoms with E-state index in [1.54, 1.807) is 17.2 Å². The lowest BCUT2D eigenvalue weighted by atomic mass is 9.89. The van der Waals surface area contributed by atoms with Crippen molar-refractivity contribution in [3.63, 3.8) is 0 Å². The average molecular weight is 515 g/mol. The molecule has 3 heterocycles. The summed E-state index contributed by atoms with van der Waals surface area (Å²) in [5, 5.41) is 6.79. The number of fused-ring (bicyclic) bond motifs is 1. The van der Waals surface area contributed by atoms with E-state index in [1.807, 2.05) is 20.8 Å². The van der Waals surface area contributed by atoms with Gasteiger partial charge in [-0.25, -0.2) is 0 Å². The van der Waals surface area contributed by atoms with Gasteiger partial charge >= 0.3 is 6.18 Å². The zero-order valence-corrected chi connectivity index (χ0v) is 20.3. The predicted octanol–water partition coefficient (Wildman–Crippen LogP) is 5.67. The maximum absolute atomic E-state index is 14.2. The summed E-state index contributed by atoms with van der Waals surface area (Å²) in [5.74, 6) is -0.157. The summed E-state index contributed by atoms with van der Waals surface area (Å²) < 4.78 is 42.7. The third kappa shape index (κ3) is 4.81. The standard InChI is InChI=1S/C23H23Cl2F3N4O2/c1-21(2,3)12-30-20(33)18-4-13-10-32(11-14(13)9-29-18)19-8-22(34-31-19,23(26,27)28)15-5-16(24)7-17(25)6-15/h4-7,9H,8,10-12H2,1-3H3,(H,30,33). The van der Waals surface area contributed by atoms with Crippen LogP contribution in [0.15, 0.2) is 35.6 Å². The first-order chi connectivity index (χ1) is 15.8. The van der Waals surface area contributed by atoms with Crippen LogP contribution in [0.4, 0.5) is 13.2 Å². The Kier molecular flexibility index (Phi) is 6.23. The summed E-state index contributed by atoms with van der Waals surface area (Å²) in [6.07, 6.45) is -3.72. The van der Waals surface area contributed by atoms with Gasteiger partial charge in [-0.3, -0.25) is 9.78 Å². The van der Waals surface area contributed by atoms with Crippen molar-refractivity contribution in [2.45, 2.75) is 52.1 Å². The molecule has 11 heteroatoms. The van der Waals surface area contributed by atoms with Crippen LogP contribution in [0.2, 0.25) is 10.0 Å². The van der Waals surface area contributed by atoms with Crippen molar-refractivity contribution >= 4 is 34.9 Å². The number of nitrogens with zero attached hydrogens (tertiary/aromatic N) is 3. The summed E-state index contributed by atoms with van der Waals surface area (Å²) in [6, 6.07) is 5.39. The molecule has 0 fully saturated rings. The van der Waals surface area contributed by atoms with Gasteiger partial charge in [-0.05, 0) is 40.8 Å². The van der Waals surface area contributed by atoms with E-state index in [0.29, 0.717) is 13.1 Å². The van der Waals surface area contributed by atoms with Crippen LogP contribution in [-0.2, 0) is 23.5 Å². The number of benzene rings is 1. The van der Waals surface area contributed by atoms with Gasteiger partial charge in [-0.15, -0.1) is 0 Å². The Morgan fingerprint density at radius 2 is 1.76 bits per heavy atom. The van der Waals surface area contributed by atoms with Gasteiger partial charge < -0.3 is 15.1 Å². The fraction of sp³-hybridized carbons (Fsp3) is 0.435. The Labute approximate surface area is 205 Å². The molecular formula is C23H23Cl2F3N4O2. The van der Waals surface area contributed by atoms with Gasteiger partial charge in [0.05, 0.1) is 6.42 Å². The number of hydrogen-bond donors (Lipinski definition) is 1. The van der Waals surface area contributed by atoms with Gasteiger partial charge in [0.15, 0.2) is 0 Å². The molecule has 0 radical (unpaired) electrons. The Bertz CT molecular complexity index is 1140. The molecule has 0 bridgehead atoms. The van der Waals surface area contributed by atoms with Crippen LogP contribution in [-0.4, -0.2) is 34.3 Å². The highest BCUT2D eigenvalue weighted by Gasteiger charge is 2.63. The molecule has 2 aliphatic heterocycles. The van der Waals surface area contributed by atoms with Crippen molar-refractivity contribution in [3.05, 3.63) is 62.9 Å². The summed E-state index contributed by atoms with van der Waals surface area (Å²) >= 11 is 11.9. The summed E-state index contributed by atoms with van der Waals surface area (Å²) in [7, 11) is 0. The lowest BCUT2D eigenvalue weighted by molar-refractivity contribution is -0.275. The van der Waals surface area contributed by atoms with Crippen molar-refractivity contribution in [2.24, 2.45) is 10.6 Å². The van der Waals surface area contributed by atoms with E-state index < -0.39 is 18.2 Å². The Hall–Kier alpha value is -2.52. The van der Waals surface area contributed by atoms with Crippen LogP contribution >= 0.6 is 23.2 Å². The predicted molar refractivity (Wildman–Crippen MR) is 123 cm³/mol. The SMILES string of the molecule is CC(C)(C)CNC(=O)c1cc2c(cn1)CN(C1=NOC(c3cc(Cl)cc(Cl)c3)(C(F)(F)F)C1)C2. The molecule has 1 aromatic heterocycles. The molecular weight excluding hydrogens is 492 g/mol. The highest BCUT2D eigenvalue weighted by molar-refractivity contribution is 6.34. The average Bonchev–Trinajstić information content (AvgIpc) is 3.35. The molecule has 0 aliphatic carbocycles. The first-order valence-corrected chi connectivity index (χ1v) is 11.3. The topological polar surface area (TPSA) is 66.8 Å². The van der Waals surface area contributed by atoms with Crippen molar-refractivity contribution in [1.29, 1.82) is 0 Å². The van der Waals surface area contributed by atoms with Gasteiger partial charge in [0.2, 0.25) is 0 Å². The number of amides is 1. The maximum atomic E-state index is 14.2. The van der Waals surface area contributed by atoms with Crippen LogP contribution in [0, 0.1) is 5.41 Å². The third-order valence-corrected chi connectivity index (χ3v) is 6.12. The van der Waals surface area contributed by atoms with Gasteiger partial charge in [0.25, 0.3) is 11.5 Å². The highest BCUT2D eigenvalue weighted by Crippen LogP contribution is 2.49. The molecule has 2 aromatic rings. The van der Waals surface area contributed by atoms with Crippen LogP contribution in [0.5, 0.6) is 0 Å². The second kappa shape index (κ2) is 8.61. The highest BCUT2D eigenvalue weighted by atomic mass is 35.5. The van der Waals surface area contributed by atoms with Crippen LogP contribution in [0.25, 0.3) is 0 Å². The van der Waals surface area contributed by atoms with Crippen molar-refractivity contribution in [3.8, 4) is 0 Å². The minimum Gasteiger partial charge on any atom is -0.372 e. The van der Waals surface area contributed by atoms with E-state index >= 15 is 0 Å². The minimum atomic E-state index is -4.77. The number of pyridine rings is 1. The molecule has 0 saturated carbocycles. The quantitative estimate of drug-likeness (QED) is 0.572. The monoisotopic (exact) mass is 514 g/mol. The van der Waals surface area contributed by atoms with Crippen molar-refractivity contribution in [2.75, 3.05) is 6.54 Å². The molecule has 1 amide bonds. The lowest BCUT2D eigenvalue weighted by Crippen LogP contribution is -2.43. The van der Waals surface area contributed by atoms with Crippen molar-refractivity contribution < 1.29 is 22.8 Å². The number of halogens is 5. The number of carbonyl (C=O) groups excluding carboxylic acids is 1. The van der Waals surface area contributed by atoms with E-state index in [-0.39, 0.29) is 45.0 Å². The van der Waals surface area contributed by atoms with Gasteiger partial charge in [0.1, 0.15) is 11.5 Å². The van der Waals surface area contributed by atoms with E-state index in [0.717, 1.165) is 11.1 Å². The Morgan fingerprint density at radius 1 is 1.12 bits per heavy atom. The van der Waals surface area contributed by atoms with Crippen LogP contribution in [0.1, 0.15) is 54.4 Å². The molecule has 6 nitrogen and oxygen atoms in total. The van der Waals surface area contributed by atoms with E-state index in [1.165, 1.54) is 18.2 Å². The number of aromatic nitrogens is 1. The minimum absolute atomic E-state index is 0.0695. The second-order valence-electron chi connectivity index (χ2n) is 9.70. The van der Waals surface area contributed by atoms with Crippen molar-refractivity contribution in [1.82, 2.24) is 15.2 Å². The molecule has 4 rings (SSSR count). The lowest BCUT2D eigenvalue weighted by Gasteiger charge is -2.30. The molecule has 1 atom stereocenters. The molecule has 1 aromatic carbocycles. The Morgan fingerprint density at radius 3 is 2.38 bits per heavy atom. The number of rotatable bonds is 3. The normalized spacial score (nSPS) is 20.1. The fourth-order valence-corrected chi connectivity index (χ4v) is 4.40. The van der Waals surface area contributed by atoms with Gasteiger partial charge in [-0.2, -0.15) is 13.2 Å². The second-order valence-corrected chi connectivity index (χ2v) is 10.6. The summed E-state index contributed by atoms with van der Waals surface area (Å²) in [6.45, 7) is 7.08. The number of hydrogen-bond acceptors (Lipinski definition) is 5.